The van der Waals surface area contributed by atoms with E-state index in [0.717, 1.165) is 38.0 Å². The highest BCUT2D eigenvalue weighted by Gasteiger charge is 2.23. The van der Waals surface area contributed by atoms with E-state index in [9.17, 15) is 9.36 Å². The van der Waals surface area contributed by atoms with Crippen LogP contribution in [0.25, 0.3) is 0 Å². The minimum Gasteiger partial charge on any atom is -0.480 e. The number of carboxylic acid groups (broad SMARTS) is 1. The van der Waals surface area contributed by atoms with Crippen molar-refractivity contribution in [1.82, 2.24) is 5.32 Å². The van der Waals surface area contributed by atoms with Crippen LogP contribution in [0.15, 0.2) is 0 Å². The quantitative estimate of drug-likeness (QED) is 0.225. The summed E-state index contributed by atoms with van der Waals surface area (Å²) in [7, 11) is -2.30. The average molecular weight is 376 g/mol. The standard InChI is InChI=1S/C20H42NO3P/c1-4-6-8-10-12-14-16-25(24,18-21-19(3)20(22)23)17-15-13-11-9-7-5-2/h19,21H,4-18H2,1-3H3,(H,22,23)/t19-/m0/s1. The first-order valence-corrected chi connectivity index (χ1v) is 12.7. The highest BCUT2D eigenvalue weighted by atomic mass is 31.2. The van der Waals surface area contributed by atoms with Gasteiger partial charge in [-0.3, -0.25) is 10.1 Å². The van der Waals surface area contributed by atoms with Crippen molar-refractivity contribution in [2.45, 2.75) is 104 Å². The second-order valence-electron chi connectivity index (χ2n) is 7.46. The zero-order valence-corrected chi connectivity index (χ0v) is 17.8. The van der Waals surface area contributed by atoms with Gasteiger partial charge in [0, 0.05) is 18.6 Å². The maximum absolute atomic E-state index is 13.3. The smallest absolute Gasteiger partial charge is 0.320 e. The molecule has 0 spiro atoms. The van der Waals surface area contributed by atoms with Gasteiger partial charge >= 0.3 is 5.97 Å². The second kappa shape index (κ2) is 15.9. The van der Waals surface area contributed by atoms with Crippen LogP contribution in [0, 0.1) is 0 Å². The van der Waals surface area contributed by atoms with Crippen LogP contribution in [-0.4, -0.2) is 35.7 Å². The first kappa shape index (κ1) is 24.7. The molecule has 0 heterocycles. The van der Waals surface area contributed by atoms with Gasteiger partial charge in [0.2, 0.25) is 0 Å². The molecule has 0 unspecified atom stereocenters. The van der Waals surface area contributed by atoms with E-state index >= 15 is 0 Å². The van der Waals surface area contributed by atoms with E-state index in [-0.39, 0.29) is 0 Å². The Bertz CT molecular complexity index is 354. The SMILES string of the molecule is CCCCCCCCP(=O)(CCCCCCCC)CN[C@@H](C)C(=O)O. The Morgan fingerprint density at radius 2 is 1.24 bits per heavy atom. The number of hydrogen-bond donors (Lipinski definition) is 2. The predicted octanol–water partition coefficient (Wildman–Crippen LogP) is 6.09. The van der Waals surface area contributed by atoms with E-state index < -0.39 is 19.2 Å². The van der Waals surface area contributed by atoms with Crippen LogP contribution in [0.5, 0.6) is 0 Å². The highest BCUT2D eigenvalue weighted by Crippen LogP contribution is 2.46. The molecular formula is C20H42NO3P. The van der Waals surface area contributed by atoms with Crippen molar-refractivity contribution >= 4 is 13.1 Å². The van der Waals surface area contributed by atoms with Crippen LogP contribution in [0.1, 0.15) is 97.8 Å². The summed E-state index contributed by atoms with van der Waals surface area (Å²) in [5.41, 5.74) is 0. The number of carboxylic acids is 1. The molecule has 0 aliphatic heterocycles. The largest absolute Gasteiger partial charge is 0.480 e. The normalized spacial score (nSPS) is 13.1. The molecule has 0 aromatic heterocycles. The van der Waals surface area contributed by atoms with Gasteiger partial charge in [0.1, 0.15) is 13.2 Å². The Morgan fingerprint density at radius 3 is 1.64 bits per heavy atom. The van der Waals surface area contributed by atoms with Gasteiger partial charge in [0.15, 0.2) is 0 Å². The molecule has 0 aliphatic rings. The van der Waals surface area contributed by atoms with Crippen molar-refractivity contribution in [2.24, 2.45) is 0 Å². The third-order valence-corrected chi connectivity index (χ3v) is 7.92. The van der Waals surface area contributed by atoms with Crippen molar-refractivity contribution in [3.63, 3.8) is 0 Å². The van der Waals surface area contributed by atoms with Gasteiger partial charge in [-0.1, -0.05) is 78.1 Å². The van der Waals surface area contributed by atoms with Crippen LogP contribution in [-0.2, 0) is 9.36 Å². The van der Waals surface area contributed by atoms with E-state index in [1.54, 1.807) is 6.92 Å². The summed E-state index contributed by atoms with van der Waals surface area (Å²) in [6.45, 7) is 6.05. The van der Waals surface area contributed by atoms with Crippen molar-refractivity contribution in [2.75, 3.05) is 18.6 Å². The van der Waals surface area contributed by atoms with Crippen molar-refractivity contribution in [1.29, 1.82) is 0 Å². The molecule has 4 nitrogen and oxygen atoms in total. The fourth-order valence-electron chi connectivity index (χ4n) is 3.02. The van der Waals surface area contributed by atoms with Crippen LogP contribution in [0.3, 0.4) is 0 Å². The minimum atomic E-state index is -2.30. The zero-order valence-electron chi connectivity index (χ0n) is 16.9. The Morgan fingerprint density at radius 1 is 0.840 bits per heavy atom. The molecule has 0 rings (SSSR count). The lowest BCUT2D eigenvalue weighted by molar-refractivity contribution is -0.138. The predicted molar refractivity (Wildman–Crippen MR) is 109 cm³/mol. The Balaban J connectivity index is 4.23. The Labute approximate surface area is 155 Å². The van der Waals surface area contributed by atoms with Crippen LogP contribution < -0.4 is 5.32 Å². The molecule has 0 saturated heterocycles. The third kappa shape index (κ3) is 14.5. The number of unbranched alkanes of at least 4 members (excludes halogenated alkanes) is 10. The molecule has 0 aromatic carbocycles. The van der Waals surface area contributed by atoms with Gasteiger partial charge in [0.05, 0.1) is 0 Å². The Kier molecular flexibility index (Phi) is 15.7. The molecule has 0 fully saturated rings. The summed E-state index contributed by atoms with van der Waals surface area (Å²) < 4.78 is 13.3. The fraction of sp³-hybridized carbons (Fsp3) is 0.950. The van der Waals surface area contributed by atoms with Crippen LogP contribution in [0.4, 0.5) is 0 Å². The number of aliphatic carboxylic acids is 1. The van der Waals surface area contributed by atoms with Crippen molar-refractivity contribution in [3.05, 3.63) is 0 Å². The molecule has 1 atom stereocenters. The van der Waals surface area contributed by atoms with Crippen molar-refractivity contribution in [3.8, 4) is 0 Å². The molecule has 2 N–H and O–H groups in total. The molecule has 0 aromatic rings. The summed E-state index contributed by atoms with van der Waals surface area (Å²) in [6, 6.07) is -0.623. The van der Waals surface area contributed by atoms with Crippen LogP contribution in [0.2, 0.25) is 0 Å². The van der Waals surface area contributed by atoms with E-state index in [0.29, 0.717) is 6.29 Å². The van der Waals surface area contributed by atoms with Crippen molar-refractivity contribution < 1.29 is 14.5 Å². The molecule has 150 valence electrons. The summed E-state index contributed by atoms with van der Waals surface area (Å²) >= 11 is 0. The molecule has 5 heteroatoms. The zero-order chi connectivity index (χ0) is 19.0. The lowest BCUT2D eigenvalue weighted by Crippen LogP contribution is -2.34. The van der Waals surface area contributed by atoms with Gasteiger partial charge < -0.3 is 9.67 Å². The van der Waals surface area contributed by atoms with Crippen LogP contribution >= 0.6 is 7.14 Å². The van der Waals surface area contributed by atoms with Gasteiger partial charge in [0.25, 0.3) is 0 Å². The van der Waals surface area contributed by atoms with E-state index in [2.05, 4.69) is 19.2 Å². The summed E-state index contributed by atoms with van der Waals surface area (Å²) in [5.74, 6) is -0.870. The van der Waals surface area contributed by atoms with Gasteiger partial charge in [-0.2, -0.15) is 0 Å². The number of hydrogen-bond acceptors (Lipinski definition) is 3. The number of carbonyl (C=O) groups is 1. The van der Waals surface area contributed by atoms with Gasteiger partial charge in [-0.15, -0.1) is 0 Å². The van der Waals surface area contributed by atoms with E-state index in [4.69, 9.17) is 5.11 Å². The molecule has 0 saturated carbocycles. The monoisotopic (exact) mass is 375 g/mol. The van der Waals surface area contributed by atoms with Gasteiger partial charge in [-0.25, -0.2) is 0 Å². The molecule has 0 bridgehead atoms. The lowest BCUT2D eigenvalue weighted by atomic mass is 10.1. The maximum atomic E-state index is 13.3. The maximum Gasteiger partial charge on any atom is 0.320 e. The second-order valence-corrected chi connectivity index (χ2v) is 10.8. The Hall–Kier alpha value is -0.340. The molecule has 25 heavy (non-hydrogen) atoms. The number of rotatable bonds is 18. The first-order valence-electron chi connectivity index (χ1n) is 10.5. The molecular weight excluding hydrogens is 333 g/mol. The minimum absolute atomic E-state index is 0.379. The summed E-state index contributed by atoms with van der Waals surface area (Å²) in [6.07, 6.45) is 16.3. The summed E-state index contributed by atoms with van der Waals surface area (Å²) in [4.78, 5) is 11.0. The first-order chi connectivity index (χ1) is 11.9. The lowest BCUT2D eigenvalue weighted by Gasteiger charge is -2.20. The highest BCUT2D eigenvalue weighted by molar-refractivity contribution is 7.63. The molecule has 0 amide bonds. The van der Waals surface area contributed by atoms with E-state index in [1.807, 2.05) is 0 Å². The molecule has 0 aliphatic carbocycles. The fourth-order valence-corrected chi connectivity index (χ4v) is 5.77. The molecule has 0 radical (unpaired) electrons. The number of nitrogens with one attached hydrogen (secondary N) is 1. The van der Waals surface area contributed by atoms with Gasteiger partial charge in [-0.05, 0) is 19.8 Å². The topological polar surface area (TPSA) is 66.4 Å². The summed E-state index contributed by atoms with van der Waals surface area (Å²) in [5, 5.41) is 12.0. The average Bonchev–Trinajstić information content (AvgIpc) is 2.59. The third-order valence-electron chi connectivity index (χ3n) is 4.89. The van der Waals surface area contributed by atoms with E-state index in [1.165, 1.54) is 51.4 Å².